The van der Waals surface area contributed by atoms with Gasteiger partial charge in [-0.25, -0.2) is 4.39 Å². The molecule has 0 aliphatic carbocycles. The van der Waals surface area contributed by atoms with Crippen LogP contribution in [0.4, 0.5) is 4.39 Å². The van der Waals surface area contributed by atoms with Gasteiger partial charge >= 0.3 is 5.97 Å². The maximum absolute atomic E-state index is 13.6. The van der Waals surface area contributed by atoms with E-state index in [2.05, 4.69) is 21.2 Å². The number of hydrogen-bond donors (Lipinski definition) is 1. The van der Waals surface area contributed by atoms with Crippen LogP contribution in [0.5, 0.6) is 0 Å². The summed E-state index contributed by atoms with van der Waals surface area (Å²) in [5.74, 6) is -1.56. The van der Waals surface area contributed by atoms with Crippen LogP contribution in [0.1, 0.15) is 15.9 Å². The molecule has 23 heavy (non-hydrogen) atoms. The fourth-order valence-corrected chi connectivity index (χ4v) is 2.16. The third-order valence-electron chi connectivity index (χ3n) is 2.90. The molecule has 2 aromatic carbocycles. The van der Waals surface area contributed by atoms with Gasteiger partial charge in [0.1, 0.15) is 19.0 Å². The van der Waals surface area contributed by atoms with E-state index in [-0.39, 0.29) is 18.7 Å². The molecule has 1 amide bonds. The van der Waals surface area contributed by atoms with Gasteiger partial charge in [0.25, 0.3) is 5.91 Å². The highest BCUT2D eigenvalue weighted by molar-refractivity contribution is 9.10. The van der Waals surface area contributed by atoms with Crippen molar-refractivity contribution in [2.45, 2.75) is 6.61 Å². The van der Waals surface area contributed by atoms with Crippen LogP contribution in [0.2, 0.25) is 5.02 Å². The lowest BCUT2D eigenvalue weighted by Gasteiger charge is -2.08. The van der Waals surface area contributed by atoms with Crippen molar-refractivity contribution >= 4 is 39.4 Å². The van der Waals surface area contributed by atoms with Crippen LogP contribution in [0.25, 0.3) is 0 Å². The second-order valence-electron chi connectivity index (χ2n) is 4.59. The quantitative estimate of drug-likeness (QED) is 0.779. The van der Waals surface area contributed by atoms with Gasteiger partial charge in [0.15, 0.2) is 0 Å². The molecule has 2 aromatic rings. The van der Waals surface area contributed by atoms with Gasteiger partial charge in [0.2, 0.25) is 0 Å². The Hall–Kier alpha value is -1.92. The molecule has 120 valence electrons. The first kappa shape index (κ1) is 17.4. The Morgan fingerprint density at radius 2 is 1.87 bits per heavy atom. The van der Waals surface area contributed by atoms with Crippen molar-refractivity contribution in [1.29, 1.82) is 0 Å². The first-order valence-corrected chi connectivity index (χ1v) is 7.76. The van der Waals surface area contributed by atoms with E-state index in [1.807, 2.05) is 0 Å². The minimum Gasteiger partial charge on any atom is -0.459 e. The molecule has 0 bridgehead atoms. The number of benzene rings is 2. The van der Waals surface area contributed by atoms with Crippen molar-refractivity contribution in [2.24, 2.45) is 0 Å². The summed E-state index contributed by atoms with van der Waals surface area (Å²) >= 11 is 8.87. The highest BCUT2D eigenvalue weighted by Gasteiger charge is 2.10. The molecule has 0 spiro atoms. The Kier molecular flexibility index (Phi) is 6.12. The number of nitrogens with one attached hydrogen (secondary N) is 1. The molecule has 0 aliphatic rings. The summed E-state index contributed by atoms with van der Waals surface area (Å²) in [5, 5.41) is 2.93. The fraction of sp³-hybridized carbons (Fsp3) is 0.125. The lowest BCUT2D eigenvalue weighted by Crippen LogP contribution is -2.30. The first-order valence-electron chi connectivity index (χ1n) is 6.59. The van der Waals surface area contributed by atoms with Crippen LogP contribution in [-0.2, 0) is 16.1 Å². The van der Waals surface area contributed by atoms with Crippen LogP contribution < -0.4 is 5.32 Å². The summed E-state index contributed by atoms with van der Waals surface area (Å²) in [6.07, 6.45) is 0. The topological polar surface area (TPSA) is 55.4 Å². The van der Waals surface area contributed by atoms with Crippen molar-refractivity contribution in [3.63, 3.8) is 0 Å². The zero-order valence-electron chi connectivity index (χ0n) is 11.8. The van der Waals surface area contributed by atoms with E-state index in [4.69, 9.17) is 16.3 Å². The van der Waals surface area contributed by atoms with E-state index in [1.165, 1.54) is 12.1 Å². The maximum Gasteiger partial charge on any atom is 0.325 e. The minimum atomic E-state index is -0.658. The van der Waals surface area contributed by atoms with Crippen molar-refractivity contribution in [2.75, 3.05) is 6.54 Å². The molecule has 0 radical (unpaired) electrons. The van der Waals surface area contributed by atoms with Crippen LogP contribution >= 0.6 is 27.5 Å². The monoisotopic (exact) mass is 399 g/mol. The predicted octanol–water partition coefficient (Wildman–Crippen LogP) is 3.71. The van der Waals surface area contributed by atoms with E-state index in [9.17, 15) is 14.0 Å². The third-order valence-corrected chi connectivity index (χ3v) is 3.65. The number of carbonyl (C=O) groups excluding carboxylic acids is 2. The van der Waals surface area contributed by atoms with Crippen LogP contribution in [0, 0.1) is 5.82 Å². The average Bonchev–Trinajstić information content (AvgIpc) is 2.52. The van der Waals surface area contributed by atoms with Crippen LogP contribution in [-0.4, -0.2) is 18.4 Å². The van der Waals surface area contributed by atoms with Crippen molar-refractivity contribution < 1.29 is 18.7 Å². The van der Waals surface area contributed by atoms with Gasteiger partial charge in [0.05, 0.1) is 0 Å². The van der Waals surface area contributed by atoms with Crippen molar-refractivity contribution in [1.82, 2.24) is 5.32 Å². The van der Waals surface area contributed by atoms with Crippen LogP contribution in [0.3, 0.4) is 0 Å². The van der Waals surface area contributed by atoms with E-state index in [0.717, 1.165) is 0 Å². The molecule has 7 heteroatoms. The number of carbonyl (C=O) groups is 2. The van der Waals surface area contributed by atoms with Gasteiger partial charge in [-0.15, -0.1) is 0 Å². The molecule has 0 aromatic heterocycles. The normalized spacial score (nSPS) is 10.2. The summed E-state index contributed by atoms with van der Waals surface area (Å²) < 4.78 is 19.1. The first-order chi connectivity index (χ1) is 11.0. The smallest absolute Gasteiger partial charge is 0.325 e. The van der Waals surface area contributed by atoms with E-state index in [1.54, 1.807) is 30.3 Å². The fourth-order valence-electron chi connectivity index (χ4n) is 1.70. The lowest BCUT2D eigenvalue weighted by atomic mass is 10.2. The standard InChI is InChI=1S/C16H12BrClFNO3/c17-12-4-1-11(14(19)7-12)9-23-15(21)8-20-16(22)10-2-5-13(18)6-3-10/h1-7H,8-9H2,(H,20,22). The molecule has 4 nitrogen and oxygen atoms in total. The van der Waals surface area contributed by atoms with Gasteiger partial charge in [-0.05, 0) is 36.4 Å². The Morgan fingerprint density at radius 3 is 2.52 bits per heavy atom. The Balaban J connectivity index is 1.81. The summed E-state index contributed by atoms with van der Waals surface area (Å²) in [6.45, 7) is -0.506. The highest BCUT2D eigenvalue weighted by Crippen LogP contribution is 2.16. The number of ether oxygens (including phenoxy) is 1. The average molecular weight is 401 g/mol. The summed E-state index contributed by atoms with van der Waals surface area (Å²) in [7, 11) is 0. The second-order valence-corrected chi connectivity index (χ2v) is 5.94. The van der Waals surface area contributed by atoms with Crippen molar-refractivity contribution in [3.05, 3.63) is 68.9 Å². The number of amides is 1. The van der Waals surface area contributed by atoms with Crippen molar-refractivity contribution in [3.8, 4) is 0 Å². The van der Waals surface area contributed by atoms with Crippen LogP contribution in [0.15, 0.2) is 46.9 Å². The SMILES string of the molecule is O=C(CNC(=O)c1ccc(Cl)cc1)OCc1ccc(Br)cc1F. The molecule has 0 saturated heterocycles. The Bertz CT molecular complexity index is 722. The molecule has 2 rings (SSSR count). The summed E-state index contributed by atoms with van der Waals surface area (Å²) in [4.78, 5) is 23.4. The molecular weight excluding hydrogens is 389 g/mol. The zero-order valence-corrected chi connectivity index (χ0v) is 14.2. The van der Waals surface area contributed by atoms with Gasteiger partial charge in [0, 0.05) is 20.6 Å². The third kappa shape index (κ3) is 5.33. The number of halogens is 3. The lowest BCUT2D eigenvalue weighted by molar-refractivity contribution is -0.143. The van der Waals surface area contributed by atoms with Gasteiger partial charge in [-0.3, -0.25) is 9.59 Å². The molecule has 0 fully saturated rings. The van der Waals surface area contributed by atoms with Gasteiger partial charge < -0.3 is 10.1 Å². The molecule has 1 N–H and O–H groups in total. The summed E-state index contributed by atoms with van der Waals surface area (Å²) in [6, 6.07) is 10.7. The maximum atomic E-state index is 13.6. The largest absolute Gasteiger partial charge is 0.459 e. The molecule has 0 aliphatic heterocycles. The van der Waals surface area contributed by atoms with E-state index >= 15 is 0 Å². The zero-order chi connectivity index (χ0) is 16.8. The molecular formula is C16H12BrClFNO3. The molecule has 0 unspecified atom stereocenters. The number of hydrogen-bond acceptors (Lipinski definition) is 3. The Labute approximate surface area is 145 Å². The van der Waals surface area contributed by atoms with E-state index < -0.39 is 17.7 Å². The van der Waals surface area contributed by atoms with Gasteiger partial charge in [-0.2, -0.15) is 0 Å². The second kappa shape index (κ2) is 8.08. The predicted molar refractivity (Wildman–Crippen MR) is 87.7 cm³/mol. The molecule has 0 atom stereocenters. The molecule has 0 heterocycles. The van der Waals surface area contributed by atoms with Gasteiger partial charge in [-0.1, -0.05) is 33.6 Å². The van der Waals surface area contributed by atoms with E-state index in [0.29, 0.717) is 15.1 Å². The highest BCUT2D eigenvalue weighted by atomic mass is 79.9. The number of esters is 1. The Morgan fingerprint density at radius 1 is 1.17 bits per heavy atom. The number of rotatable bonds is 5. The minimum absolute atomic E-state index is 0.200. The molecule has 0 saturated carbocycles. The summed E-state index contributed by atoms with van der Waals surface area (Å²) in [5.41, 5.74) is 0.631.